The summed E-state index contributed by atoms with van der Waals surface area (Å²) in [5, 5.41) is 7.04. The highest BCUT2D eigenvalue weighted by atomic mass is 15.2. The van der Waals surface area contributed by atoms with Gasteiger partial charge in [0.25, 0.3) is 0 Å². The lowest BCUT2D eigenvalue weighted by molar-refractivity contribution is 0.996. The SMILES string of the molecule is Cc1[nH]nc(N(C)C)c1C. The zero-order valence-corrected chi connectivity index (χ0v) is 6.89. The fourth-order valence-corrected chi connectivity index (χ4v) is 0.908. The number of hydrogen-bond donors (Lipinski definition) is 1. The molecule has 3 heteroatoms. The number of aryl methyl sites for hydroxylation is 1. The van der Waals surface area contributed by atoms with Crippen LogP contribution in [0.15, 0.2) is 0 Å². The van der Waals surface area contributed by atoms with Gasteiger partial charge in [0, 0.05) is 25.4 Å². The average molecular weight is 139 g/mol. The second kappa shape index (κ2) is 2.33. The van der Waals surface area contributed by atoms with Gasteiger partial charge in [0.05, 0.1) is 0 Å². The van der Waals surface area contributed by atoms with Gasteiger partial charge < -0.3 is 4.90 Å². The van der Waals surface area contributed by atoms with Gasteiger partial charge in [-0.25, -0.2) is 0 Å². The van der Waals surface area contributed by atoms with E-state index in [2.05, 4.69) is 17.1 Å². The fourth-order valence-electron chi connectivity index (χ4n) is 0.908. The molecular formula is C7H13N3. The van der Waals surface area contributed by atoms with E-state index in [1.807, 2.05) is 25.9 Å². The third-order valence-corrected chi connectivity index (χ3v) is 1.65. The Morgan fingerprint density at radius 3 is 2.10 bits per heavy atom. The topological polar surface area (TPSA) is 31.9 Å². The predicted molar refractivity (Wildman–Crippen MR) is 42.4 cm³/mol. The van der Waals surface area contributed by atoms with E-state index in [-0.39, 0.29) is 0 Å². The summed E-state index contributed by atoms with van der Waals surface area (Å²) < 4.78 is 0. The van der Waals surface area contributed by atoms with Crippen LogP contribution in [0.3, 0.4) is 0 Å². The third kappa shape index (κ3) is 0.988. The molecule has 0 aromatic carbocycles. The zero-order valence-electron chi connectivity index (χ0n) is 6.89. The Hall–Kier alpha value is -0.990. The van der Waals surface area contributed by atoms with Gasteiger partial charge in [-0.1, -0.05) is 0 Å². The molecule has 1 aromatic rings. The van der Waals surface area contributed by atoms with E-state index < -0.39 is 0 Å². The Balaban J connectivity index is 3.05. The zero-order chi connectivity index (χ0) is 7.72. The summed E-state index contributed by atoms with van der Waals surface area (Å²) in [7, 11) is 3.98. The van der Waals surface area contributed by atoms with E-state index >= 15 is 0 Å². The summed E-state index contributed by atoms with van der Waals surface area (Å²) in [6, 6.07) is 0. The van der Waals surface area contributed by atoms with Gasteiger partial charge >= 0.3 is 0 Å². The normalized spacial score (nSPS) is 10.0. The number of anilines is 1. The first-order valence-corrected chi connectivity index (χ1v) is 3.32. The van der Waals surface area contributed by atoms with Crippen molar-refractivity contribution in [1.29, 1.82) is 0 Å². The monoisotopic (exact) mass is 139 g/mol. The molecule has 0 spiro atoms. The van der Waals surface area contributed by atoms with E-state index in [1.54, 1.807) is 0 Å². The van der Waals surface area contributed by atoms with Crippen molar-refractivity contribution >= 4 is 5.82 Å². The maximum atomic E-state index is 4.12. The summed E-state index contributed by atoms with van der Waals surface area (Å²) in [4.78, 5) is 2.00. The van der Waals surface area contributed by atoms with Crippen LogP contribution < -0.4 is 4.90 Å². The molecule has 56 valence electrons. The van der Waals surface area contributed by atoms with Crippen LogP contribution in [0.4, 0.5) is 5.82 Å². The second-order valence-corrected chi connectivity index (χ2v) is 2.69. The molecule has 0 fully saturated rings. The van der Waals surface area contributed by atoms with E-state index in [9.17, 15) is 0 Å². The number of aromatic nitrogens is 2. The molecule has 0 aliphatic carbocycles. The minimum atomic E-state index is 1.03. The lowest BCUT2D eigenvalue weighted by Crippen LogP contribution is -2.10. The Kier molecular flexibility index (Phi) is 1.66. The molecule has 1 N–H and O–H groups in total. The van der Waals surface area contributed by atoms with Crippen molar-refractivity contribution in [2.24, 2.45) is 0 Å². The predicted octanol–water partition coefficient (Wildman–Crippen LogP) is 1.09. The van der Waals surface area contributed by atoms with E-state index in [0.717, 1.165) is 11.5 Å². The summed E-state index contributed by atoms with van der Waals surface area (Å²) in [5.41, 5.74) is 2.37. The molecular weight excluding hydrogens is 126 g/mol. The number of rotatable bonds is 1. The molecule has 0 saturated heterocycles. The summed E-state index contributed by atoms with van der Waals surface area (Å²) in [5.74, 6) is 1.03. The van der Waals surface area contributed by atoms with Crippen molar-refractivity contribution in [3.63, 3.8) is 0 Å². The van der Waals surface area contributed by atoms with Crippen LogP contribution in [0, 0.1) is 13.8 Å². The molecule has 0 atom stereocenters. The van der Waals surface area contributed by atoms with Crippen molar-refractivity contribution < 1.29 is 0 Å². The first kappa shape index (κ1) is 7.12. The summed E-state index contributed by atoms with van der Waals surface area (Å²) in [6.45, 7) is 4.09. The lowest BCUT2D eigenvalue weighted by atomic mass is 10.3. The number of nitrogens with zero attached hydrogens (tertiary/aromatic N) is 2. The molecule has 0 saturated carbocycles. The Morgan fingerprint density at radius 1 is 1.30 bits per heavy atom. The molecule has 0 unspecified atom stereocenters. The van der Waals surface area contributed by atoms with Crippen LogP contribution in [0.1, 0.15) is 11.3 Å². The first-order valence-electron chi connectivity index (χ1n) is 3.32. The smallest absolute Gasteiger partial charge is 0.153 e. The number of H-pyrrole nitrogens is 1. The van der Waals surface area contributed by atoms with Crippen molar-refractivity contribution in [2.45, 2.75) is 13.8 Å². The van der Waals surface area contributed by atoms with E-state index in [1.165, 1.54) is 5.56 Å². The molecule has 0 bridgehead atoms. The average Bonchev–Trinajstić information content (AvgIpc) is 2.14. The highest BCUT2D eigenvalue weighted by Gasteiger charge is 2.05. The van der Waals surface area contributed by atoms with Crippen molar-refractivity contribution in [3.05, 3.63) is 11.3 Å². The van der Waals surface area contributed by atoms with Gasteiger partial charge in [-0.3, -0.25) is 5.10 Å². The van der Waals surface area contributed by atoms with Crippen LogP contribution in [0.2, 0.25) is 0 Å². The van der Waals surface area contributed by atoms with Crippen molar-refractivity contribution in [2.75, 3.05) is 19.0 Å². The van der Waals surface area contributed by atoms with Gasteiger partial charge in [0.2, 0.25) is 0 Å². The minimum Gasteiger partial charge on any atom is -0.361 e. The van der Waals surface area contributed by atoms with Crippen molar-refractivity contribution in [3.8, 4) is 0 Å². The van der Waals surface area contributed by atoms with Crippen LogP contribution in [-0.2, 0) is 0 Å². The number of hydrogen-bond acceptors (Lipinski definition) is 2. The summed E-state index contributed by atoms with van der Waals surface area (Å²) in [6.07, 6.45) is 0. The highest BCUT2D eigenvalue weighted by molar-refractivity contribution is 5.46. The minimum absolute atomic E-state index is 1.03. The van der Waals surface area contributed by atoms with Crippen molar-refractivity contribution in [1.82, 2.24) is 10.2 Å². The third-order valence-electron chi connectivity index (χ3n) is 1.65. The first-order chi connectivity index (χ1) is 4.63. The maximum Gasteiger partial charge on any atom is 0.153 e. The van der Waals surface area contributed by atoms with E-state index in [0.29, 0.717) is 0 Å². The standard InChI is InChI=1S/C7H13N3/c1-5-6(2)8-9-7(5)10(3)4/h1-4H3,(H,8,9). The van der Waals surface area contributed by atoms with Crippen LogP contribution in [0.25, 0.3) is 0 Å². The van der Waals surface area contributed by atoms with Crippen LogP contribution in [-0.4, -0.2) is 24.3 Å². The Morgan fingerprint density at radius 2 is 1.90 bits per heavy atom. The van der Waals surface area contributed by atoms with Crippen LogP contribution >= 0.6 is 0 Å². The van der Waals surface area contributed by atoms with Gasteiger partial charge in [-0.05, 0) is 13.8 Å². The molecule has 0 aliphatic heterocycles. The second-order valence-electron chi connectivity index (χ2n) is 2.69. The van der Waals surface area contributed by atoms with E-state index in [4.69, 9.17) is 0 Å². The van der Waals surface area contributed by atoms with Gasteiger partial charge in [0.15, 0.2) is 5.82 Å². The molecule has 0 amide bonds. The molecule has 1 rings (SSSR count). The largest absolute Gasteiger partial charge is 0.361 e. The Bertz CT molecular complexity index is 225. The quantitative estimate of drug-likeness (QED) is 0.631. The fraction of sp³-hybridized carbons (Fsp3) is 0.571. The molecule has 0 aliphatic rings. The molecule has 0 radical (unpaired) electrons. The van der Waals surface area contributed by atoms with Gasteiger partial charge in [-0.15, -0.1) is 0 Å². The number of aromatic amines is 1. The highest BCUT2D eigenvalue weighted by Crippen LogP contribution is 2.15. The molecule has 1 aromatic heterocycles. The van der Waals surface area contributed by atoms with Gasteiger partial charge in [-0.2, -0.15) is 5.10 Å². The maximum absolute atomic E-state index is 4.12. The molecule has 3 nitrogen and oxygen atoms in total. The molecule has 1 heterocycles. The molecule has 10 heavy (non-hydrogen) atoms. The number of nitrogens with one attached hydrogen (secondary N) is 1. The summed E-state index contributed by atoms with van der Waals surface area (Å²) >= 11 is 0. The van der Waals surface area contributed by atoms with Gasteiger partial charge in [0.1, 0.15) is 0 Å². The van der Waals surface area contributed by atoms with Crippen LogP contribution in [0.5, 0.6) is 0 Å². The lowest BCUT2D eigenvalue weighted by Gasteiger charge is -2.08. The Labute approximate surface area is 61.0 Å².